The predicted octanol–water partition coefficient (Wildman–Crippen LogP) is 9.57. The lowest BCUT2D eigenvalue weighted by molar-refractivity contribution is 0.0954. The van der Waals surface area contributed by atoms with E-state index in [2.05, 4.69) is 0 Å². The third-order valence-electron chi connectivity index (χ3n) is 6.39. The van der Waals surface area contributed by atoms with Crippen LogP contribution >= 0.6 is 10.3 Å². The van der Waals surface area contributed by atoms with Crippen molar-refractivity contribution in [3.8, 4) is 11.5 Å². The first-order valence-electron chi connectivity index (χ1n) is 14.0. The second-order valence-electron chi connectivity index (χ2n) is 12.5. The van der Waals surface area contributed by atoms with Crippen LogP contribution in [-0.4, -0.2) is 19.6 Å². The Morgan fingerprint density at radius 1 is 0.548 bits per heavy atom. The van der Waals surface area contributed by atoms with E-state index in [1.807, 2.05) is 129 Å². The average Bonchev–Trinajstić information content (AvgIpc) is 2.88. The first-order valence-corrected chi connectivity index (χ1v) is 17.0. The third kappa shape index (κ3) is 7.02. The highest BCUT2D eigenvalue weighted by atomic mass is 32.3. The molecular formula is C35H42O5S2. The Morgan fingerprint density at radius 2 is 1.00 bits per heavy atom. The second-order valence-corrected chi connectivity index (χ2v) is 16.8. The molecule has 0 aliphatic rings. The van der Waals surface area contributed by atoms with E-state index >= 15 is 0 Å². The van der Waals surface area contributed by atoms with Gasteiger partial charge in [-0.1, -0.05) is 54.1 Å². The molecule has 0 amide bonds. The van der Waals surface area contributed by atoms with Crippen molar-refractivity contribution in [2.75, 3.05) is 0 Å². The van der Waals surface area contributed by atoms with E-state index in [0.29, 0.717) is 16.4 Å². The predicted molar refractivity (Wildman–Crippen MR) is 171 cm³/mol. The molecule has 0 heterocycles. The van der Waals surface area contributed by atoms with Crippen molar-refractivity contribution in [2.24, 2.45) is 0 Å². The molecule has 0 aliphatic heterocycles. The lowest BCUT2D eigenvalue weighted by Gasteiger charge is -2.41. The maximum Gasteiger partial charge on any atom is 0.307 e. The standard InChI is InChI=1S/C35H42O5S2/c1-25-18-20-28(21-19-25)42(36,37)40-41(32-16-12-10-14-26(32)2,33-17-13-11-15-27(33)3)29-22-23-30(38-34(4,5)6)31(24-29)39-35(7,8)9/h10-24H,1-9H3. The fraction of sp³-hybridized carbons (Fsp3) is 0.314. The molecule has 7 heteroatoms. The molecule has 0 radical (unpaired) electrons. The molecule has 0 N–H and O–H groups in total. The van der Waals surface area contributed by atoms with Crippen molar-refractivity contribution < 1.29 is 21.5 Å². The molecule has 0 aliphatic carbocycles. The fourth-order valence-corrected chi connectivity index (χ4v) is 10.2. The van der Waals surface area contributed by atoms with Gasteiger partial charge in [0.15, 0.2) is 11.5 Å². The normalized spacial score (nSPS) is 13.1. The molecule has 5 nitrogen and oxygen atoms in total. The van der Waals surface area contributed by atoms with Crippen molar-refractivity contribution in [2.45, 2.75) is 93.1 Å². The minimum atomic E-state index is -4.23. The topological polar surface area (TPSA) is 61.8 Å². The molecule has 0 bridgehead atoms. The Labute approximate surface area is 253 Å². The van der Waals surface area contributed by atoms with Crippen LogP contribution in [0.3, 0.4) is 0 Å². The molecule has 4 aromatic rings. The molecule has 0 aromatic heterocycles. The van der Waals surface area contributed by atoms with Crippen LogP contribution in [-0.2, 0) is 13.7 Å². The second kappa shape index (κ2) is 11.8. The molecule has 42 heavy (non-hydrogen) atoms. The monoisotopic (exact) mass is 606 g/mol. The van der Waals surface area contributed by atoms with Gasteiger partial charge in [0.05, 0.1) is 4.90 Å². The summed E-state index contributed by atoms with van der Waals surface area (Å²) in [5.74, 6) is 1.09. The summed E-state index contributed by atoms with van der Waals surface area (Å²) < 4.78 is 47.9. The highest BCUT2D eigenvalue weighted by molar-refractivity contribution is 8.33. The van der Waals surface area contributed by atoms with Crippen molar-refractivity contribution in [1.82, 2.24) is 0 Å². The minimum absolute atomic E-state index is 0.103. The zero-order valence-electron chi connectivity index (χ0n) is 26.0. The maximum atomic E-state index is 14.2. The zero-order valence-corrected chi connectivity index (χ0v) is 27.7. The zero-order chi connectivity index (χ0) is 30.9. The number of hydrogen-bond acceptors (Lipinski definition) is 5. The number of benzene rings is 4. The van der Waals surface area contributed by atoms with E-state index in [9.17, 15) is 8.42 Å². The first kappa shape index (κ1) is 31.7. The smallest absolute Gasteiger partial charge is 0.307 e. The molecule has 0 fully saturated rings. The van der Waals surface area contributed by atoms with Crippen LogP contribution in [0.15, 0.2) is 111 Å². The van der Waals surface area contributed by atoms with E-state index < -0.39 is 31.6 Å². The van der Waals surface area contributed by atoms with Crippen LogP contribution in [0.2, 0.25) is 0 Å². The lowest BCUT2D eigenvalue weighted by atomic mass is 10.1. The van der Waals surface area contributed by atoms with Crippen molar-refractivity contribution in [1.29, 1.82) is 0 Å². The highest BCUT2D eigenvalue weighted by Crippen LogP contribution is 2.72. The lowest BCUT2D eigenvalue weighted by Crippen LogP contribution is -2.26. The van der Waals surface area contributed by atoms with Crippen LogP contribution in [0.1, 0.15) is 58.2 Å². The van der Waals surface area contributed by atoms with Crippen LogP contribution in [0.4, 0.5) is 0 Å². The summed E-state index contributed by atoms with van der Waals surface area (Å²) in [5.41, 5.74) is 1.79. The molecule has 0 spiro atoms. The third-order valence-corrected chi connectivity index (χ3v) is 11.8. The molecule has 224 valence electrons. The Bertz CT molecular complexity index is 1620. The van der Waals surface area contributed by atoms with E-state index in [-0.39, 0.29) is 4.90 Å². The van der Waals surface area contributed by atoms with Gasteiger partial charge in [-0.05, 0) is 126 Å². The van der Waals surface area contributed by atoms with Gasteiger partial charge in [-0.3, -0.25) is 0 Å². The quantitative estimate of drug-likeness (QED) is 0.200. The van der Waals surface area contributed by atoms with E-state index in [1.165, 1.54) is 0 Å². The van der Waals surface area contributed by atoms with Crippen LogP contribution in [0.5, 0.6) is 11.5 Å². The van der Waals surface area contributed by atoms with Crippen molar-refractivity contribution in [3.63, 3.8) is 0 Å². The van der Waals surface area contributed by atoms with Crippen LogP contribution in [0, 0.1) is 20.8 Å². The highest BCUT2D eigenvalue weighted by Gasteiger charge is 2.41. The van der Waals surface area contributed by atoms with Crippen LogP contribution < -0.4 is 9.47 Å². The summed E-state index contributed by atoms with van der Waals surface area (Å²) in [7, 11) is -7.11. The summed E-state index contributed by atoms with van der Waals surface area (Å²) in [4.78, 5) is 2.37. The number of aryl methyl sites for hydroxylation is 3. The van der Waals surface area contributed by atoms with Gasteiger partial charge in [0.25, 0.3) is 0 Å². The molecular weight excluding hydrogens is 565 g/mol. The van der Waals surface area contributed by atoms with Crippen LogP contribution in [0.25, 0.3) is 0 Å². The Hall–Kier alpha value is -3.26. The van der Waals surface area contributed by atoms with Gasteiger partial charge in [-0.25, -0.2) is 3.63 Å². The molecule has 0 atom stereocenters. The van der Waals surface area contributed by atoms with E-state index in [0.717, 1.165) is 26.5 Å². The largest absolute Gasteiger partial charge is 0.484 e. The minimum Gasteiger partial charge on any atom is -0.484 e. The Balaban J connectivity index is 2.11. The maximum absolute atomic E-state index is 14.2. The van der Waals surface area contributed by atoms with E-state index in [1.54, 1.807) is 24.3 Å². The Morgan fingerprint density at radius 3 is 1.48 bits per heavy atom. The molecule has 0 saturated carbocycles. The summed E-state index contributed by atoms with van der Waals surface area (Å²) in [5, 5.41) is 0. The Kier molecular flexibility index (Phi) is 8.89. The summed E-state index contributed by atoms with van der Waals surface area (Å²) in [6.45, 7) is 17.8. The average molecular weight is 607 g/mol. The van der Waals surface area contributed by atoms with Gasteiger partial charge >= 0.3 is 10.1 Å². The summed E-state index contributed by atoms with van der Waals surface area (Å²) in [6, 6.07) is 28.1. The molecule has 4 aromatic carbocycles. The molecule has 4 rings (SSSR count). The van der Waals surface area contributed by atoms with Gasteiger partial charge in [-0.2, -0.15) is 8.42 Å². The number of hydrogen-bond donors (Lipinski definition) is 0. The van der Waals surface area contributed by atoms with E-state index in [4.69, 9.17) is 13.1 Å². The van der Waals surface area contributed by atoms with Gasteiger partial charge in [0, 0.05) is 14.7 Å². The van der Waals surface area contributed by atoms with Crippen molar-refractivity contribution >= 4 is 20.4 Å². The summed E-state index contributed by atoms with van der Waals surface area (Å²) in [6.07, 6.45) is 0. The van der Waals surface area contributed by atoms with Gasteiger partial charge in [0.1, 0.15) is 11.2 Å². The van der Waals surface area contributed by atoms with Crippen molar-refractivity contribution in [3.05, 3.63) is 108 Å². The fourth-order valence-electron chi connectivity index (χ4n) is 4.61. The summed E-state index contributed by atoms with van der Waals surface area (Å²) >= 11 is 0. The first-order chi connectivity index (χ1) is 19.5. The molecule has 0 saturated heterocycles. The van der Waals surface area contributed by atoms with Gasteiger partial charge in [0.2, 0.25) is 0 Å². The number of rotatable bonds is 8. The number of ether oxygens (including phenoxy) is 2. The molecule has 0 unspecified atom stereocenters. The SMILES string of the molecule is Cc1ccc(S(=O)(=O)OS(c2ccc(OC(C)(C)C)c(OC(C)(C)C)c2)(c2ccccc2C)c2ccccc2C)cc1. The van der Waals surface area contributed by atoms with Gasteiger partial charge in [-0.15, -0.1) is 0 Å². The van der Waals surface area contributed by atoms with Gasteiger partial charge < -0.3 is 9.47 Å².